The molecule has 0 radical (unpaired) electrons. The van der Waals surface area contributed by atoms with E-state index in [-0.39, 0.29) is 34.5 Å². The summed E-state index contributed by atoms with van der Waals surface area (Å²) in [5.41, 5.74) is 11.6. The molecule has 58 heavy (non-hydrogen) atoms. The molecule has 0 aliphatic carbocycles. The quantitative estimate of drug-likeness (QED) is 0.102. The van der Waals surface area contributed by atoms with E-state index in [9.17, 15) is 30.6 Å². The van der Waals surface area contributed by atoms with Crippen LogP contribution < -0.4 is 14.2 Å². The Balaban J connectivity index is 0.000000132. The molecule has 6 aromatic carbocycles. The smallest absolute Gasteiger partial charge is 0.144 e. The second-order valence-electron chi connectivity index (χ2n) is 13.8. The van der Waals surface area contributed by atoms with E-state index in [1.165, 1.54) is 5.57 Å². The van der Waals surface area contributed by atoms with Gasteiger partial charge in [-0.1, -0.05) is 43.3 Å². The third-order valence-corrected chi connectivity index (χ3v) is 10.8. The van der Waals surface area contributed by atoms with E-state index in [4.69, 9.17) is 14.2 Å². The molecule has 6 N–H and O–H groups in total. The molecule has 0 spiro atoms. The second-order valence-corrected chi connectivity index (χ2v) is 14.6. The highest BCUT2D eigenvalue weighted by Gasteiger charge is 2.22. The van der Waals surface area contributed by atoms with Gasteiger partial charge < -0.3 is 44.8 Å². The predicted octanol–water partition coefficient (Wildman–Crippen LogP) is 11.0. The number of allylic oxidation sites excluding steroid dienone is 2. The summed E-state index contributed by atoms with van der Waals surface area (Å²) in [6.07, 6.45) is 2.91. The number of phenols is 6. The van der Waals surface area contributed by atoms with Crippen molar-refractivity contribution in [3.8, 4) is 51.7 Å². The minimum absolute atomic E-state index is 0.167. The molecule has 10 heteroatoms. The zero-order valence-electron chi connectivity index (χ0n) is 31.7. The van der Waals surface area contributed by atoms with Gasteiger partial charge in [-0.2, -0.15) is 0 Å². The Morgan fingerprint density at radius 2 is 1.00 bits per heavy atom. The topological polar surface area (TPSA) is 149 Å². The largest absolute Gasteiger partial charge is 0.508 e. The standard InChI is InChI=1S/C17H16O3.C16H14O3.C15H11BrO3/c1-2-14-15-8-7-13(19)9-17(15)20-10-16(14)11-3-5-12(18)6-4-11;1-10-14-7-6-13(18)8-16(14)19-9-15(10)11-2-4-12(17)5-3-11;16-14-13(18)6-3-10-7-11(8-19-15(10)14)9-1-4-12(17)5-2-9/h3-9,18-19H,2,10H2,1H3;2-8,17-18H,9H2,1H3;1-7,17-18H,8H2. The van der Waals surface area contributed by atoms with Gasteiger partial charge in [0, 0.05) is 40.0 Å². The van der Waals surface area contributed by atoms with E-state index in [2.05, 4.69) is 22.9 Å². The summed E-state index contributed by atoms with van der Waals surface area (Å²) in [5, 5.41) is 56.6. The van der Waals surface area contributed by atoms with Gasteiger partial charge in [-0.25, -0.2) is 0 Å². The number of rotatable bonds is 4. The van der Waals surface area contributed by atoms with E-state index in [1.807, 2.05) is 67.6 Å². The van der Waals surface area contributed by atoms with Crippen molar-refractivity contribution < 1.29 is 44.8 Å². The number of hydrogen-bond donors (Lipinski definition) is 6. The van der Waals surface area contributed by atoms with E-state index in [1.54, 1.807) is 66.7 Å². The Bertz CT molecular complexity index is 2550. The summed E-state index contributed by atoms with van der Waals surface area (Å²) in [6.45, 7) is 5.52. The number of benzene rings is 6. The molecule has 3 aliphatic heterocycles. The highest BCUT2D eigenvalue weighted by Crippen LogP contribution is 2.43. The van der Waals surface area contributed by atoms with Crippen LogP contribution in [0.2, 0.25) is 0 Å². The number of ether oxygens (including phenoxy) is 3. The fraction of sp³-hybridized carbons (Fsp3) is 0.125. The van der Waals surface area contributed by atoms with Crippen molar-refractivity contribution in [2.75, 3.05) is 19.8 Å². The lowest BCUT2D eigenvalue weighted by molar-refractivity contribution is 0.359. The van der Waals surface area contributed by atoms with Gasteiger partial charge in [-0.15, -0.1) is 0 Å². The first-order valence-electron chi connectivity index (χ1n) is 18.6. The molecule has 0 amide bonds. The first-order chi connectivity index (χ1) is 28.0. The Morgan fingerprint density at radius 1 is 0.517 bits per heavy atom. The van der Waals surface area contributed by atoms with Crippen LogP contribution in [-0.2, 0) is 0 Å². The zero-order valence-corrected chi connectivity index (χ0v) is 33.3. The third kappa shape index (κ3) is 8.62. The molecule has 294 valence electrons. The van der Waals surface area contributed by atoms with Crippen molar-refractivity contribution in [1.82, 2.24) is 0 Å². The Morgan fingerprint density at radius 3 is 1.57 bits per heavy atom. The third-order valence-electron chi connectivity index (χ3n) is 10.1. The minimum atomic E-state index is 0.167. The van der Waals surface area contributed by atoms with Gasteiger partial charge in [0.05, 0.1) is 0 Å². The van der Waals surface area contributed by atoms with Crippen LogP contribution in [0.1, 0.15) is 53.6 Å². The molecule has 9 nitrogen and oxygen atoms in total. The Hall–Kier alpha value is -6.78. The molecular formula is C48H41BrO9. The highest BCUT2D eigenvalue weighted by atomic mass is 79.9. The predicted molar refractivity (Wildman–Crippen MR) is 230 cm³/mol. The van der Waals surface area contributed by atoms with Gasteiger partial charge in [0.25, 0.3) is 0 Å². The van der Waals surface area contributed by atoms with Gasteiger partial charge in [-0.3, -0.25) is 0 Å². The summed E-state index contributed by atoms with van der Waals surface area (Å²) >= 11 is 3.31. The molecule has 0 unspecified atom stereocenters. The molecule has 0 fully saturated rings. The molecule has 0 atom stereocenters. The van der Waals surface area contributed by atoms with Gasteiger partial charge in [0.15, 0.2) is 0 Å². The van der Waals surface area contributed by atoms with E-state index < -0.39 is 0 Å². The Kier molecular flexibility index (Phi) is 11.7. The molecule has 6 aromatic rings. The summed E-state index contributed by atoms with van der Waals surface area (Å²) in [4.78, 5) is 0. The summed E-state index contributed by atoms with van der Waals surface area (Å²) in [6, 6.07) is 35.1. The van der Waals surface area contributed by atoms with Crippen molar-refractivity contribution in [2.24, 2.45) is 0 Å². The first-order valence-corrected chi connectivity index (χ1v) is 19.4. The highest BCUT2D eigenvalue weighted by molar-refractivity contribution is 9.10. The van der Waals surface area contributed by atoms with Crippen LogP contribution >= 0.6 is 15.9 Å². The summed E-state index contributed by atoms with van der Waals surface area (Å²) in [7, 11) is 0. The maximum atomic E-state index is 9.61. The molecule has 0 saturated carbocycles. The SMILES string of the molecule is CC1=C(c2ccc(O)cc2)COc2cc(O)ccc21.CCC1=C(c2ccc(O)cc2)COc2cc(O)ccc21.Oc1ccc(C2=Cc3ccc(O)c(Br)c3OC2)cc1. The number of phenolic OH excluding ortho intramolecular Hbond substituents is 6. The average Bonchev–Trinajstić information content (AvgIpc) is 3.23. The monoisotopic (exact) mass is 840 g/mol. The molecule has 9 rings (SSSR count). The van der Waals surface area contributed by atoms with Crippen molar-refractivity contribution in [3.05, 3.63) is 159 Å². The lowest BCUT2D eigenvalue weighted by atomic mass is 9.91. The van der Waals surface area contributed by atoms with Gasteiger partial charge in [-0.05, 0) is 142 Å². The zero-order chi connectivity index (χ0) is 40.9. The maximum Gasteiger partial charge on any atom is 0.144 e. The van der Waals surface area contributed by atoms with Crippen LogP contribution in [0.25, 0.3) is 33.9 Å². The minimum Gasteiger partial charge on any atom is -0.508 e. The second kappa shape index (κ2) is 17.2. The lowest BCUT2D eigenvalue weighted by Gasteiger charge is -2.24. The number of hydrogen-bond acceptors (Lipinski definition) is 9. The Labute approximate surface area is 344 Å². The van der Waals surface area contributed by atoms with Crippen LogP contribution in [0.4, 0.5) is 0 Å². The van der Waals surface area contributed by atoms with E-state index in [0.29, 0.717) is 35.8 Å². The van der Waals surface area contributed by atoms with Gasteiger partial charge in [0.1, 0.15) is 76.0 Å². The molecule has 3 heterocycles. The fourth-order valence-corrected chi connectivity index (χ4v) is 7.44. The van der Waals surface area contributed by atoms with Crippen LogP contribution in [0.3, 0.4) is 0 Å². The normalized spacial score (nSPS) is 13.7. The first kappa shape index (κ1) is 39.5. The maximum absolute atomic E-state index is 9.61. The van der Waals surface area contributed by atoms with Crippen molar-refractivity contribution in [3.63, 3.8) is 0 Å². The number of fused-ring (bicyclic) bond motifs is 3. The van der Waals surface area contributed by atoms with E-state index >= 15 is 0 Å². The average molecular weight is 842 g/mol. The molecule has 0 saturated heterocycles. The van der Waals surface area contributed by atoms with Gasteiger partial charge in [0.2, 0.25) is 0 Å². The van der Waals surface area contributed by atoms with Crippen molar-refractivity contribution in [2.45, 2.75) is 20.3 Å². The van der Waals surface area contributed by atoms with Crippen molar-refractivity contribution in [1.29, 1.82) is 0 Å². The van der Waals surface area contributed by atoms with Crippen LogP contribution in [-0.4, -0.2) is 50.5 Å². The molecule has 3 aliphatic rings. The molecule has 0 bridgehead atoms. The molecule has 0 aromatic heterocycles. The van der Waals surface area contributed by atoms with Gasteiger partial charge >= 0.3 is 0 Å². The lowest BCUT2D eigenvalue weighted by Crippen LogP contribution is -2.10. The van der Waals surface area contributed by atoms with Crippen molar-refractivity contribution >= 4 is 49.9 Å². The van der Waals surface area contributed by atoms with E-state index in [0.717, 1.165) is 67.8 Å². The summed E-state index contributed by atoms with van der Waals surface area (Å²) < 4.78 is 17.7. The summed E-state index contributed by atoms with van der Waals surface area (Å²) in [5.74, 6) is 3.44. The van der Waals surface area contributed by atoms with Crippen LogP contribution in [0.15, 0.2) is 126 Å². The fourth-order valence-electron chi connectivity index (χ4n) is 6.97. The number of aromatic hydroxyl groups is 6. The number of halogens is 1. The van der Waals surface area contributed by atoms with Crippen LogP contribution in [0.5, 0.6) is 51.7 Å². The molecular weight excluding hydrogens is 800 g/mol. The van der Waals surface area contributed by atoms with Crippen LogP contribution in [0, 0.1) is 0 Å².